The lowest BCUT2D eigenvalue weighted by Gasteiger charge is -1.78. The highest BCUT2D eigenvalue weighted by Crippen LogP contribution is 1.76. The molecule has 0 spiro atoms. The summed E-state index contributed by atoms with van der Waals surface area (Å²) in [6.07, 6.45) is 0. The third kappa shape index (κ3) is 5.07. The number of carbonyl (C=O) groups is 1. The molecule has 0 rings (SSSR count). The van der Waals surface area contributed by atoms with Gasteiger partial charge >= 0.3 is 6.54 Å². The number of rotatable bonds is 2. The van der Waals surface area contributed by atoms with E-state index in [4.69, 9.17) is 0 Å². The van der Waals surface area contributed by atoms with E-state index in [1.165, 1.54) is 0 Å². The standard InChI is InChI=1S/C3H4NO3/c1-3(5)2-4(6)7/h2H,1H3. The number of Topliss-reactive ketones (excluding diaryl/α,β-unsaturated/α-hetero) is 1. The largest absolute Gasteiger partial charge is 0.343 e. The van der Waals surface area contributed by atoms with Crippen molar-refractivity contribution in [2.45, 2.75) is 6.92 Å². The Labute approximate surface area is 40.3 Å². The molecule has 0 heterocycles. The molecule has 0 aromatic carbocycles. The van der Waals surface area contributed by atoms with E-state index >= 15 is 0 Å². The van der Waals surface area contributed by atoms with Crippen LogP contribution in [-0.2, 0) is 4.79 Å². The third-order valence-electron chi connectivity index (χ3n) is 0.287. The van der Waals surface area contributed by atoms with Gasteiger partial charge in [-0.25, -0.2) is 0 Å². The second-order valence-corrected chi connectivity index (χ2v) is 1.03. The van der Waals surface area contributed by atoms with Gasteiger partial charge in [-0.3, -0.25) is 14.9 Å². The summed E-state index contributed by atoms with van der Waals surface area (Å²) in [7, 11) is 0. The molecule has 0 aromatic heterocycles. The van der Waals surface area contributed by atoms with Crippen molar-refractivity contribution in [3.8, 4) is 0 Å². The highest BCUT2D eigenvalue weighted by molar-refractivity contribution is 5.82. The van der Waals surface area contributed by atoms with E-state index in [2.05, 4.69) is 0 Å². The first kappa shape index (κ1) is 6.07. The van der Waals surface area contributed by atoms with Crippen LogP contribution in [0, 0.1) is 16.7 Å². The van der Waals surface area contributed by atoms with Crippen LogP contribution >= 0.6 is 0 Å². The van der Waals surface area contributed by atoms with Gasteiger partial charge < -0.3 is 0 Å². The minimum absolute atomic E-state index is 0.417. The van der Waals surface area contributed by atoms with Gasteiger partial charge in [0.2, 0.25) is 5.78 Å². The van der Waals surface area contributed by atoms with Gasteiger partial charge in [0.25, 0.3) is 0 Å². The maximum atomic E-state index is 9.76. The summed E-state index contributed by atoms with van der Waals surface area (Å²) in [6, 6.07) is 0. The van der Waals surface area contributed by atoms with Crippen LogP contribution in [0.2, 0.25) is 0 Å². The number of hydrogen-bond donors (Lipinski definition) is 0. The van der Waals surface area contributed by atoms with Crippen molar-refractivity contribution in [1.82, 2.24) is 0 Å². The van der Waals surface area contributed by atoms with Gasteiger partial charge in [0.15, 0.2) is 0 Å². The van der Waals surface area contributed by atoms with Crippen LogP contribution in [0.15, 0.2) is 0 Å². The van der Waals surface area contributed by atoms with Gasteiger partial charge in [-0.1, -0.05) is 0 Å². The van der Waals surface area contributed by atoms with Crippen molar-refractivity contribution in [2.24, 2.45) is 0 Å². The molecule has 7 heavy (non-hydrogen) atoms. The van der Waals surface area contributed by atoms with Gasteiger partial charge in [-0.15, -0.1) is 0 Å². The molecular formula is C3H4NO3. The second-order valence-electron chi connectivity index (χ2n) is 1.03. The molecule has 4 nitrogen and oxygen atoms in total. The highest BCUT2D eigenvalue weighted by Gasteiger charge is 2.02. The van der Waals surface area contributed by atoms with E-state index in [-0.39, 0.29) is 0 Å². The normalized spacial score (nSPS) is 8.14. The van der Waals surface area contributed by atoms with Crippen LogP contribution in [0.25, 0.3) is 0 Å². The molecular weight excluding hydrogens is 98.0 g/mol. The molecule has 0 fully saturated rings. The molecule has 0 saturated heterocycles. The summed E-state index contributed by atoms with van der Waals surface area (Å²) in [4.78, 5) is 18.3. The fourth-order valence-electron chi connectivity index (χ4n) is 0.148. The van der Waals surface area contributed by atoms with Crippen molar-refractivity contribution in [3.63, 3.8) is 0 Å². The summed E-state index contributed by atoms with van der Waals surface area (Å²) >= 11 is 0. The van der Waals surface area contributed by atoms with E-state index in [9.17, 15) is 14.9 Å². The molecule has 0 bridgehead atoms. The lowest BCUT2D eigenvalue weighted by Crippen LogP contribution is -2.00. The summed E-state index contributed by atoms with van der Waals surface area (Å²) in [5.74, 6) is -0.537. The van der Waals surface area contributed by atoms with E-state index in [1.807, 2.05) is 0 Å². The second kappa shape index (κ2) is 2.28. The Hall–Kier alpha value is -0.930. The van der Waals surface area contributed by atoms with E-state index in [1.54, 1.807) is 0 Å². The lowest BCUT2D eigenvalue weighted by atomic mass is 10.5. The van der Waals surface area contributed by atoms with Gasteiger partial charge in [-0.05, 0) is 0 Å². The van der Waals surface area contributed by atoms with Gasteiger partial charge in [-0.2, -0.15) is 0 Å². The molecule has 1 radical (unpaired) electrons. The van der Waals surface area contributed by atoms with Crippen LogP contribution in [0.4, 0.5) is 0 Å². The van der Waals surface area contributed by atoms with E-state index < -0.39 is 10.7 Å². The van der Waals surface area contributed by atoms with E-state index in [0.717, 1.165) is 6.92 Å². The molecule has 0 unspecified atom stereocenters. The zero-order valence-electron chi connectivity index (χ0n) is 3.75. The summed E-state index contributed by atoms with van der Waals surface area (Å²) in [5.41, 5.74) is 0. The first-order valence-electron chi connectivity index (χ1n) is 1.62. The highest BCUT2D eigenvalue weighted by atomic mass is 16.6. The molecule has 0 aliphatic heterocycles. The minimum Gasteiger partial charge on any atom is -0.292 e. The van der Waals surface area contributed by atoms with Crippen molar-refractivity contribution >= 4 is 5.78 Å². The molecule has 0 saturated carbocycles. The molecule has 0 amide bonds. The zero-order chi connectivity index (χ0) is 5.86. The first-order chi connectivity index (χ1) is 3.13. The SMILES string of the molecule is CC(=O)[CH][N+](=O)[O-]. The minimum atomic E-state index is -0.775. The number of nitro groups is 1. The van der Waals surface area contributed by atoms with Crippen molar-refractivity contribution in [2.75, 3.05) is 0 Å². The van der Waals surface area contributed by atoms with Crippen LogP contribution in [-0.4, -0.2) is 10.7 Å². The Balaban J connectivity index is 3.32. The first-order valence-corrected chi connectivity index (χ1v) is 1.62. The Bertz CT molecular complexity index is 86.4. The van der Waals surface area contributed by atoms with E-state index in [0.29, 0.717) is 6.54 Å². The molecule has 0 aliphatic carbocycles. The number of nitrogens with zero attached hydrogens (tertiary/aromatic N) is 1. The van der Waals surface area contributed by atoms with Gasteiger partial charge in [0.05, 0.1) is 0 Å². The topological polar surface area (TPSA) is 60.2 Å². The van der Waals surface area contributed by atoms with Crippen molar-refractivity contribution in [1.29, 1.82) is 0 Å². The summed E-state index contributed by atoms with van der Waals surface area (Å²) in [6.45, 7) is 1.54. The Morgan fingerprint density at radius 3 is 2.29 bits per heavy atom. The number of ketones is 1. The Morgan fingerprint density at radius 2 is 2.29 bits per heavy atom. The Kier molecular flexibility index (Phi) is 1.98. The number of hydrogen-bond acceptors (Lipinski definition) is 3. The molecule has 4 heteroatoms. The predicted octanol–water partition coefficient (Wildman–Crippen LogP) is 0.0139. The predicted molar refractivity (Wildman–Crippen MR) is 22.0 cm³/mol. The zero-order valence-corrected chi connectivity index (χ0v) is 3.75. The van der Waals surface area contributed by atoms with Gasteiger partial charge in [0, 0.05) is 11.8 Å². The van der Waals surface area contributed by atoms with Crippen LogP contribution in [0.1, 0.15) is 6.92 Å². The summed E-state index contributed by atoms with van der Waals surface area (Å²) < 4.78 is 0. The van der Waals surface area contributed by atoms with Gasteiger partial charge in [0.1, 0.15) is 0 Å². The summed E-state index contributed by atoms with van der Waals surface area (Å²) in [5, 5.41) is 9.34. The molecule has 0 aliphatic rings. The lowest BCUT2D eigenvalue weighted by molar-refractivity contribution is -0.427. The van der Waals surface area contributed by atoms with Crippen molar-refractivity contribution < 1.29 is 9.72 Å². The smallest absolute Gasteiger partial charge is 0.292 e. The molecule has 0 N–H and O–H groups in total. The maximum absolute atomic E-state index is 9.76. The fraction of sp³-hybridized carbons (Fsp3) is 0.333. The van der Waals surface area contributed by atoms with Crippen LogP contribution in [0.5, 0.6) is 0 Å². The monoisotopic (exact) mass is 102 g/mol. The molecule has 0 atom stereocenters. The quantitative estimate of drug-likeness (QED) is 0.364. The maximum Gasteiger partial charge on any atom is 0.343 e. The average Bonchev–Trinajstić information content (AvgIpc) is 1.27. The van der Waals surface area contributed by atoms with Crippen molar-refractivity contribution in [3.05, 3.63) is 16.7 Å². The number of carbonyl (C=O) groups excluding carboxylic acids is 1. The van der Waals surface area contributed by atoms with Crippen LogP contribution in [0.3, 0.4) is 0 Å². The fourth-order valence-corrected chi connectivity index (χ4v) is 0.148. The average molecular weight is 102 g/mol. The third-order valence-corrected chi connectivity index (χ3v) is 0.287. The Morgan fingerprint density at radius 1 is 1.86 bits per heavy atom. The molecule has 39 valence electrons. The molecule has 0 aromatic rings. The van der Waals surface area contributed by atoms with Crippen LogP contribution < -0.4 is 0 Å².